The van der Waals surface area contributed by atoms with Gasteiger partial charge in [-0.25, -0.2) is 12.8 Å². The zero-order valence-corrected chi connectivity index (χ0v) is 17.7. The van der Waals surface area contributed by atoms with Crippen molar-refractivity contribution < 1.29 is 22.0 Å². The number of carbonyl (C=O) groups is 1. The first-order valence-corrected chi connectivity index (χ1v) is 11.5. The van der Waals surface area contributed by atoms with Gasteiger partial charge in [0.1, 0.15) is 11.6 Å². The van der Waals surface area contributed by atoms with Crippen molar-refractivity contribution in [3.05, 3.63) is 90.1 Å². The van der Waals surface area contributed by atoms with Crippen LogP contribution in [0.25, 0.3) is 0 Å². The van der Waals surface area contributed by atoms with Crippen LogP contribution >= 0.6 is 0 Å². The maximum Gasteiger partial charge on any atom is 0.243 e. The number of sulfonamides is 1. The molecular weight excluding hydrogens is 419 g/mol. The number of amides is 1. The second kappa shape index (κ2) is 9.03. The van der Waals surface area contributed by atoms with Gasteiger partial charge in [-0.15, -0.1) is 0 Å². The largest absolute Gasteiger partial charge is 0.467 e. The van der Waals surface area contributed by atoms with Crippen LogP contribution in [-0.2, 0) is 27.9 Å². The molecule has 0 aliphatic heterocycles. The fourth-order valence-corrected chi connectivity index (χ4v) is 5.02. The van der Waals surface area contributed by atoms with Crippen molar-refractivity contribution in [2.24, 2.45) is 0 Å². The number of hydrogen-bond acceptors (Lipinski definition) is 4. The molecule has 0 unspecified atom stereocenters. The summed E-state index contributed by atoms with van der Waals surface area (Å²) in [7, 11) is -3.79. The lowest BCUT2D eigenvalue weighted by Gasteiger charge is -2.27. The summed E-state index contributed by atoms with van der Waals surface area (Å²) in [4.78, 5) is 15.0. The first kappa shape index (κ1) is 21.3. The van der Waals surface area contributed by atoms with Crippen LogP contribution in [-0.4, -0.2) is 36.1 Å². The summed E-state index contributed by atoms with van der Waals surface area (Å²) in [5, 5.41) is 0. The Morgan fingerprint density at radius 2 is 1.68 bits per heavy atom. The van der Waals surface area contributed by atoms with Gasteiger partial charge in [-0.1, -0.05) is 30.3 Å². The molecule has 31 heavy (non-hydrogen) atoms. The third kappa shape index (κ3) is 5.21. The lowest BCUT2D eigenvalue weighted by atomic mass is 10.2. The van der Waals surface area contributed by atoms with Crippen molar-refractivity contribution in [2.75, 3.05) is 6.54 Å². The number of hydrogen-bond donors (Lipinski definition) is 0. The summed E-state index contributed by atoms with van der Waals surface area (Å²) in [6.45, 7) is 0.139. The molecule has 1 saturated carbocycles. The fourth-order valence-electron chi connectivity index (χ4n) is 3.37. The second-order valence-electron chi connectivity index (χ2n) is 7.55. The molecule has 1 aliphatic carbocycles. The van der Waals surface area contributed by atoms with Gasteiger partial charge in [0.15, 0.2) is 0 Å². The van der Waals surface area contributed by atoms with E-state index in [1.807, 2.05) is 0 Å². The molecule has 2 aromatic carbocycles. The molecule has 8 heteroatoms. The van der Waals surface area contributed by atoms with Crippen molar-refractivity contribution in [1.29, 1.82) is 0 Å². The van der Waals surface area contributed by atoms with Crippen LogP contribution in [0.3, 0.4) is 0 Å². The molecule has 0 saturated heterocycles. The molecule has 1 aliphatic rings. The van der Waals surface area contributed by atoms with E-state index in [4.69, 9.17) is 4.42 Å². The molecule has 6 nitrogen and oxygen atoms in total. The minimum absolute atomic E-state index is 0.172. The zero-order chi connectivity index (χ0) is 21.8. The molecule has 1 heterocycles. The zero-order valence-electron chi connectivity index (χ0n) is 16.9. The highest BCUT2D eigenvalue weighted by molar-refractivity contribution is 7.89. The molecule has 0 atom stereocenters. The third-order valence-electron chi connectivity index (χ3n) is 5.16. The quantitative estimate of drug-likeness (QED) is 0.505. The van der Waals surface area contributed by atoms with Crippen molar-refractivity contribution in [2.45, 2.75) is 36.9 Å². The molecule has 4 rings (SSSR count). The summed E-state index contributed by atoms with van der Waals surface area (Å²) in [6, 6.07) is 17.3. The van der Waals surface area contributed by atoms with Crippen LogP contribution in [0.5, 0.6) is 0 Å². The van der Waals surface area contributed by atoms with Gasteiger partial charge in [0, 0.05) is 12.6 Å². The van der Waals surface area contributed by atoms with E-state index in [2.05, 4.69) is 0 Å². The average molecular weight is 443 g/mol. The Hall–Kier alpha value is -2.97. The van der Waals surface area contributed by atoms with Gasteiger partial charge < -0.3 is 9.32 Å². The van der Waals surface area contributed by atoms with Gasteiger partial charge in [0.25, 0.3) is 0 Å². The van der Waals surface area contributed by atoms with Gasteiger partial charge in [-0.05, 0) is 54.8 Å². The van der Waals surface area contributed by atoms with E-state index in [1.165, 1.54) is 39.7 Å². The van der Waals surface area contributed by atoms with E-state index in [9.17, 15) is 17.6 Å². The number of rotatable bonds is 9. The highest BCUT2D eigenvalue weighted by Gasteiger charge is 2.40. The monoisotopic (exact) mass is 442 g/mol. The van der Waals surface area contributed by atoms with E-state index in [0.717, 1.165) is 18.4 Å². The predicted molar refractivity (Wildman–Crippen MR) is 113 cm³/mol. The van der Waals surface area contributed by atoms with E-state index >= 15 is 0 Å². The Kier molecular flexibility index (Phi) is 6.20. The Balaban J connectivity index is 1.56. The van der Waals surface area contributed by atoms with Crippen LogP contribution in [0.1, 0.15) is 24.2 Å². The molecule has 0 bridgehead atoms. The lowest BCUT2D eigenvalue weighted by molar-refractivity contribution is -0.133. The van der Waals surface area contributed by atoms with Crippen LogP contribution in [0, 0.1) is 5.82 Å². The first-order valence-electron chi connectivity index (χ1n) is 10.0. The summed E-state index contributed by atoms with van der Waals surface area (Å²) < 4.78 is 46.3. The van der Waals surface area contributed by atoms with Crippen LogP contribution in [0.15, 0.2) is 82.3 Å². The van der Waals surface area contributed by atoms with Gasteiger partial charge in [0.05, 0.1) is 24.2 Å². The molecule has 0 spiro atoms. The van der Waals surface area contributed by atoms with E-state index in [1.54, 1.807) is 42.5 Å². The number of benzene rings is 2. The Morgan fingerprint density at radius 1 is 0.968 bits per heavy atom. The molecule has 0 N–H and O–H groups in total. The molecule has 162 valence electrons. The summed E-state index contributed by atoms with van der Waals surface area (Å²) in [5.41, 5.74) is 0.741. The van der Waals surface area contributed by atoms with Crippen molar-refractivity contribution in [3.8, 4) is 0 Å². The number of nitrogens with zero attached hydrogens (tertiary/aromatic N) is 2. The standard InChI is InChI=1S/C23H23FN2O4S/c24-19-10-8-18(9-11-19)15-25(16-21-5-4-14-30-21)23(27)17-26(20-12-13-20)31(28,29)22-6-2-1-3-7-22/h1-11,14,20H,12-13,15-17H2. The SMILES string of the molecule is O=C(CN(C1CC1)S(=O)(=O)c1ccccc1)N(Cc1ccc(F)cc1)Cc1ccco1. The van der Waals surface area contributed by atoms with Crippen LogP contribution < -0.4 is 0 Å². The smallest absolute Gasteiger partial charge is 0.243 e. The number of furan rings is 1. The minimum atomic E-state index is -3.79. The predicted octanol–water partition coefficient (Wildman–Crippen LogP) is 3.80. The third-order valence-corrected chi connectivity index (χ3v) is 7.07. The highest BCUT2D eigenvalue weighted by atomic mass is 32.2. The van der Waals surface area contributed by atoms with Crippen LogP contribution in [0.2, 0.25) is 0 Å². The molecular formula is C23H23FN2O4S. The highest BCUT2D eigenvalue weighted by Crippen LogP contribution is 2.32. The maximum absolute atomic E-state index is 13.3. The van der Waals surface area contributed by atoms with Crippen molar-refractivity contribution in [3.63, 3.8) is 0 Å². The van der Waals surface area contributed by atoms with E-state index < -0.39 is 10.0 Å². The minimum Gasteiger partial charge on any atom is -0.467 e. The van der Waals surface area contributed by atoms with Gasteiger partial charge in [0.2, 0.25) is 15.9 Å². The lowest BCUT2D eigenvalue weighted by Crippen LogP contribution is -2.43. The van der Waals surface area contributed by atoms with Gasteiger partial charge in [-0.3, -0.25) is 4.79 Å². The molecule has 1 fully saturated rings. The topological polar surface area (TPSA) is 70.8 Å². The molecule has 0 radical (unpaired) electrons. The summed E-state index contributed by atoms with van der Waals surface area (Å²) >= 11 is 0. The number of halogens is 1. The maximum atomic E-state index is 13.3. The number of carbonyl (C=O) groups excluding carboxylic acids is 1. The molecule has 1 aromatic heterocycles. The van der Waals surface area contributed by atoms with Gasteiger partial charge >= 0.3 is 0 Å². The Bertz CT molecular complexity index is 1110. The van der Waals surface area contributed by atoms with Crippen molar-refractivity contribution in [1.82, 2.24) is 9.21 Å². The Morgan fingerprint density at radius 3 is 2.29 bits per heavy atom. The molecule has 1 amide bonds. The fraction of sp³-hybridized carbons (Fsp3) is 0.261. The average Bonchev–Trinajstić information content (AvgIpc) is 3.48. The summed E-state index contributed by atoms with van der Waals surface area (Å²) in [5.74, 6) is -0.118. The normalized spacial score (nSPS) is 14.0. The van der Waals surface area contributed by atoms with Crippen molar-refractivity contribution >= 4 is 15.9 Å². The Labute approximate surface area is 180 Å². The van der Waals surface area contributed by atoms with E-state index in [0.29, 0.717) is 5.76 Å². The van der Waals surface area contributed by atoms with Crippen LogP contribution in [0.4, 0.5) is 4.39 Å². The van der Waals surface area contributed by atoms with Gasteiger partial charge in [-0.2, -0.15) is 4.31 Å². The second-order valence-corrected chi connectivity index (χ2v) is 9.44. The molecule has 3 aromatic rings. The summed E-state index contributed by atoms with van der Waals surface area (Å²) in [6.07, 6.45) is 2.98. The van der Waals surface area contributed by atoms with E-state index in [-0.39, 0.29) is 42.3 Å². The first-order chi connectivity index (χ1) is 14.9.